The summed E-state index contributed by atoms with van der Waals surface area (Å²) in [5.74, 6) is 0. The van der Waals surface area contributed by atoms with Crippen molar-refractivity contribution in [3.05, 3.63) is 138 Å². The molecule has 0 spiro atoms. The number of aromatic nitrogens is 1. The van der Waals surface area contributed by atoms with E-state index in [0.717, 1.165) is 51.4 Å². The third-order valence-corrected chi connectivity index (χ3v) is 7.96. The largest absolute Gasteiger partial charge is 0.445 e. The van der Waals surface area contributed by atoms with Crippen molar-refractivity contribution < 1.29 is 9.53 Å². The van der Waals surface area contributed by atoms with Gasteiger partial charge in [-0.2, -0.15) is 5.26 Å². The summed E-state index contributed by atoms with van der Waals surface area (Å²) in [4.78, 5) is 18.9. The van der Waals surface area contributed by atoms with Crippen LogP contribution in [0.15, 0.2) is 116 Å². The molecule has 1 amide bonds. The van der Waals surface area contributed by atoms with Crippen molar-refractivity contribution in [3.63, 3.8) is 0 Å². The Morgan fingerprint density at radius 3 is 2.48 bits per heavy atom. The molecular weight excluding hydrogens is 520 g/mol. The van der Waals surface area contributed by atoms with E-state index < -0.39 is 0 Å². The number of likely N-dealkylation sites (tertiary alicyclic amines) is 1. The number of rotatable bonds is 7. The Morgan fingerprint density at radius 1 is 0.905 bits per heavy atom. The molecule has 4 aromatic carbocycles. The summed E-state index contributed by atoms with van der Waals surface area (Å²) in [5.41, 5.74) is 5.69. The molecule has 6 heteroatoms. The quantitative estimate of drug-likeness (QED) is 0.230. The van der Waals surface area contributed by atoms with Gasteiger partial charge in [0.05, 0.1) is 17.7 Å². The summed E-state index contributed by atoms with van der Waals surface area (Å²) in [6, 6.07) is 36.8. The maximum atomic E-state index is 12.7. The van der Waals surface area contributed by atoms with Crippen LogP contribution in [-0.4, -0.2) is 35.1 Å². The van der Waals surface area contributed by atoms with E-state index >= 15 is 0 Å². The smallest absolute Gasteiger partial charge is 0.410 e. The lowest BCUT2D eigenvalue weighted by Crippen LogP contribution is -2.46. The van der Waals surface area contributed by atoms with Crippen LogP contribution in [0.4, 0.5) is 4.79 Å². The molecule has 1 atom stereocenters. The van der Waals surface area contributed by atoms with Crippen LogP contribution in [0.25, 0.3) is 21.9 Å². The molecule has 0 radical (unpaired) electrons. The van der Waals surface area contributed by atoms with Gasteiger partial charge in [0, 0.05) is 37.1 Å². The van der Waals surface area contributed by atoms with Crippen molar-refractivity contribution in [2.45, 2.75) is 31.5 Å². The predicted octanol–water partition coefficient (Wildman–Crippen LogP) is 7.25. The molecule has 1 aliphatic rings. The number of nitriles is 1. The van der Waals surface area contributed by atoms with E-state index in [0.29, 0.717) is 18.7 Å². The average molecular weight is 553 g/mol. The summed E-state index contributed by atoms with van der Waals surface area (Å²) < 4.78 is 5.56. The highest BCUT2D eigenvalue weighted by Gasteiger charge is 2.27. The molecule has 1 N–H and O–H groups in total. The van der Waals surface area contributed by atoms with Crippen LogP contribution in [0.2, 0.25) is 0 Å². The van der Waals surface area contributed by atoms with Crippen molar-refractivity contribution in [2.24, 2.45) is 0 Å². The Morgan fingerprint density at radius 2 is 1.69 bits per heavy atom. The van der Waals surface area contributed by atoms with Gasteiger partial charge in [-0.3, -0.25) is 4.98 Å². The maximum Gasteiger partial charge on any atom is 0.410 e. The zero-order valence-electron chi connectivity index (χ0n) is 23.3. The molecule has 1 aromatic heterocycles. The number of piperidine rings is 1. The first-order valence-corrected chi connectivity index (χ1v) is 14.3. The van der Waals surface area contributed by atoms with Crippen molar-refractivity contribution in [3.8, 4) is 17.2 Å². The second kappa shape index (κ2) is 12.7. The van der Waals surface area contributed by atoms with Crippen molar-refractivity contribution in [1.29, 1.82) is 5.26 Å². The van der Waals surface area contributed by atoms with Gasteiger partial charge < -0.3 is 15.0 Å². The zero-order chi connectivity index (χ0) is 28.7. The van der Waals surface area contributed by atoms with Crippen LogP contribution in [0, 0.1) is 11.3 Å². The monoisotopic (exact) mass is 552 g/mol. The first kappa shape index (κ1) is 27.2. The normalized spacial score (nSPS) is 14.3. The summed E-state index contributed by atoms with van der Waals surface area (Å²) in [7, 11) is 0. The Balaban J connectivity index is 1.22. The van der Waals surface area contributed by atoms with E-state index in [1.54, 1.807) is 11.1 Å². The Kier molecular flexibility index (Phi) is 8.21. The number of amides is 1. The minimum Gasteiger partial charge on any atom is -0.445 e. The highest BCUT2D eigenvalue weighted by molar-refractivity contribution is 5.97. The minimum absolute atomic E-state index is 0.123. The first-order valence-electron chi connectivity index (χ1n) is 14.3. The second-order valence-corrected chi connectivity index (χ2v) is 10.6. The van der Waals surface area contributed by atoms with Crippen molar-refractivity contribution in [2.75, 3.05) is 13.1 Å². The lowest BCUT2D eigenvalue weighted by Gasteiger charge is -2.34. The number of pyridine rings is 1. The molecule has 6 rings (SSSR count). The van der Waals surface area contributed by atoms with Gasteiger partial charge in [0.2, 0.25) is 0 Å². The van der Waals surface area contributed by atoms with E-state index in [-0.39, 0.29) is 24.8 Å². The second-order valence-electron chi connectivity index (χ2n) is 10.6. The van der Waals surface area contributed by atoms with Crippen molar-refractivity contribution >= 4 is 16.9 Å². The van der Waals surface area contributed by atoms with Gasteiger partial charge in [0.15, 0.2) is 0 Å². The number of carbonyl (C=O) groups excluding carboxylic acids is 1. The number of fused-ring (bicyclic) bond motifs is 1. The number of nitrogens with zero attached hydrogens (tertiary/aromatic N) is 3. The lowest BCUT2D eigenvalue weighted by atomic mass is 9.90. The number of carbonyl (C=O) groups is 1. The third-order valence-electron chi connectivity index (χ3n) is 7.96. The molecule has 1 saturated heterocycles. The van der Waals surface area contributed by atoms with E-state index in [4.69, 9.17) is 4.74 Å². The van der Waals surface area contributed by atoms with Gasteiger partial charge in [-0.05, 0) is 64.1 Å². The Labute approximate surface area is 246 Å². The van der Waals surface area contributed by atoms with Crippen LogP contribution < -0.4 is 5.32 Å². The molecule has 5 aromatic rings. The summed E-state index contributed by atoms with van der Waals surface area (Å²) in [5, 5.41) is 16.1. The van der Waals surface area contributed by atoms with Crippen LogP contribution in [0.5, 0.6) is 0 Å². The number of nitrogens with one attached hydrogen (secondary N) is 1. The summed E-state index contributed by atoms with van der Waals surface area (Å²) >= 11 is 0. The first-order chi connectivity index (χ1) is 20.7. The van der Waals surface area contributed by atoms with E-state index in [1.807, 2.05) is 72.9 Å². The molecular formula is C36H32N4O2. The van der Waals surface area contributed by atoms with Crippen LogP contribution in [0.3, 0.4) is 0 Å². The average Bonchev–Trinajstić information content (AvgIpc) is 3.06. The molecule has 0 bridgehead atoms. The lowest BCUT2D eigenvalue weighted by molar-refractivity contribution is 0.0848. The van der Waals surface area contributed by atoms with Gasteiger partial charge in [0.25, 0.3) is 0 Å². The Hall–Kier alpha value is -4.99. The van der Waals surface area contributed by atoms with Crippen LogP contribution in [0.1, 0.15) is 41.1 Å². The predicted molar refractivity (Wildman–Crippen MR) is 165 cm³/mol. The standard InChI is InChI=1S/C36H32N4O2/c37-23-29-16-15-28(22-34(29)33-14-6-11-27-10-4-5-13-32(27)33)35(30-12-7-19-38-24-30)39-31-17-20-40(21-18-31)36(41)42-25-26-8-2-1-3-9-26/h1-16,19,22,24,31,35,39H,17-18,20-21,25H2. The fraction of sp³-hybridized carbons (Fsp3) is 0.194. The van der Waals surface area contributed by atoms with Crippen molar-refractivity contribution in [1.82, 2.24) is 15.2 Å². The highest BCUT2D eigenvalue weighted by atomic mass is 16.6. The van der Waals surface area contributed by atoms with Gasteiger partial charge in [-0.25, -0.2) is 4.79 Å². The number of hydrogen-bond acceptors (Lipinski definition) is 5. The van der Waals surface area contributed by atoms with E-state index in [1.165, 1.54) is 0 Å². The number of ether oxygens (including phenoxy) is 1. The highest BCUT2D eigenvalue weighted by Crippen LogP contribution is 2.34. The fourth-order valence-electron chi connectivity index (χ4n) is 5.73. The topological polar surface area (TPSA) is 78.2 Å². The summed E-state index contributed by atoms with van der Waals surface area (Å²) in [6.45, 7) is 1.53. The molecule has 1 fully saturated rings. The molecule has 1 unspecified atom stereocenters. The molecule has 0 saturated carbocycles. The van der Waals surface area contributed by atoms with Gasteiger partial charge >= 0.3 is 6.09 Å². The minimum atomic E-state index is -0.270. The molecule has 6 nitrogen and oxygen atoms in total. The molecule has 0 aliphatic carbocycles. The van der Waals surface area contributed by atoms with Gasteiger partial charge in [-0.15, -0.1) is 0 Å². The van der Waals surface area contributed by atoms with Gasteiger partial charge in [-0.1, -0.05) is 84.9 Å². The molecule has 42 heavy (non-hydrogen) atoms. The number of hydrogen-bond donors (Lipinski definition) is 1. The molecule has 2 heterocycles. The third kappa shape index (κ3) is 6.02. The Bertz CT molecular complexity index is 1700. The zero-order valence-corrected chi connectivity index (χ0v) is 23.3. The fourth-order valence-corrected chi connectivity index (χ4v) is 5.73. The van der Waals surface area contributed by atoms with Gasteiger partial charge in [0.1, 0.15) is 6.61 Å². The van der Waals surface area contributed by atoms with E-state index in [9.17, 15) is 10.1 Å². The number of benzene rings is 4. The molecule has 1 aliphatic heterocycles. The van der Waals surface area contributed by atoms with Crippen LogP contribution >= 0.6 is 0 Å². The van der Waals surface area contributed by atoms with Crippen LogP contribution in [-0.2, 0) is 11.3 Å². The maximum absolute atomic E-state index is 12.7. The van der Waals surface area contributed by atoms with E-state index in [2.05, 4.69) is 52.8 Å². The summed E-state index contributed by atoms with van der Waals surface area (Å²) in [6.07, 6.45) is 5.02. The SMILES string of the molecule is N#Cc1ccc(C(NC2CCN(C(=O)OCc3ccccc3)CC2)c2cccnc2)cc1-c1cccc2ccccc12. The molecule has 208 valence electrons.